The van der Waals surface area contributed by atoms with Crippen molar-refractivity contribution in [2.75, 3.05) is 26.9 Å². The van der Waals surface area contributed by atoms with E-state index < -0.39 is 5.60 Å². The second kappa shape index (κ2) is 7.36. The van der Waals surface area contributed by atoms with Crippen molar-refractivity contribution >= 4 is 0 Å². The van der Waals surface area contributed by atoms with Crippen LogP contribution in [-0.2, 0) is 11.2 Å². The fourth-order valence-electron chi connectivity index (χ4n) is 1.46. The first-order chi connectivity index (χ1) is 8.57. The summed E-state index contributed by atoms with van der Waals surface area (Å²) in [7, 11) is 1.70. The highest BCUT2D eigenvalue weighted by Crippen LogP contribution is 2.14. The molecule has 0 spiro atoms. The van der Waals surface area contributed by atoms with E-state index in [2.05, 4.69) is 0 Å². The molecule has 0 saturated carbocycles. The zero-order valence-electron chi connectivity index (χ0n) is 11.2. The van der Waals surface area contributed by atoms with Crippen molar-refractivity contribution in [2.24, 2.45) is 5.73 Å². The van der Waals surface area contributed by atoms with Crippen LogP contribution in [0.1, 0.15) is 18.9 Å². The maximum absolute atomic E-state index is 9.72. The number of benzene rings is 1. The number of hydrogen-bond acceptors (Lipinski definition) is 4. The highest BCUT2D eigenvalue weighted by Gasteiger charge is 2.17. The summed E-state index contributed by atoms with van der Waals surface area (Å²) in [4.78, 5) is 0. The number of nitrogens with two attached hydrogens (primary N) is 1. The highest BCUT2D eigenvalue weighted by molar-refractivity contribution is 5.27. The Morgan fingerprint density at radius 3 is 2.44 bits per heavy atom. The molecule has 0 aliphatic rings. The maximum atomic E-state index is 9.72. The SMILES string of the molecule is COCCc1ccc(OCCC(C)(O)CN)cc1. The van der Waals surface area contributed by atoms with Crippen LogP contribution in [0.3, 0.4) is 0 Å². The molecule has 0 bridgehead atoms. The van der Waals surface area contributed by atoms with Gasteiger partial charge in [0.2, 0.25) is 0 Å². The predicted molar refractivity (Wildman–Crippen MR) is 71.8 cm³/mol. The predicted octanol–water partition coefficient (Wildman–Crippen LogP) is 1.35. The van der Waals surface area contributed by atoms with Crippen LogP contribution < -0.4 is 10.5 Å². The Labute approximate surface area is 109 Å². The second-order valence-electron chi connectivity index (χ2n) is 4.69. The van der Waals surface area contributed by atoms with Crippen molar-refractivity contribution in [3.05, 3.63) is 29.8 Å². The Bertz CT molecular complexity index is 335. The molecule has 1 aromatic rings. The second-order valence-corrected chi connectivity index (χ2v) is 4.69. The first-order valence-electron chi connectivity index (χ1n) is 6.20. The Morgan fingerprint density at radius 1 is 1.22 bits per heavy atom. The van der Waals surface area contributed by atoms with Crippen LogP contribution in [0.2, 0.25) is 0 Å². The number of ether oxygens (including phenoxy) is 2. The molecule has 0 radical (unpaired) electrons. The number of methoxy groups -OCH3 is 1. The average Bonchev–Trinajstić information content (AvgIpc) is 2.38. The summed E-state index contributed by atoms with van der Waals surface area (Å²) in [6.07, 6.45) is 1.42. The van der Waals surface area contributed by atoms with E-state index in [0.29, 0.717) is 13.0 Å². The summed E-state index contributed by atoms with van der Waals surface area (Å²) >= 11 is 0. The Hall–Kier alpha value is -1.10. The third-order valence-electron chi connectivity index (χ3n) is 2.87. The molecule has 0 heterocycles. The molecular weight excluding hydrogens is 230 g/mol. The van der Waals surface area contributed by atoms with E-state index in [0.717, 1.165) is 18.8 Å². The van der Waals surface area contributed by atoms with Gasteiger partial charge in [-0.3, -0.25) is 0 Å². The van der Waals surface area contributed by atoms with Crippen molar-refractivity contribution in [2.45, 2.75) is 25.4 Å². The minimum absolute atomic E-state index is 0.242. The lowest BCUT2D eigenvalue weighted by atomic mass is 10.0. The molecule has 102 valence electrons. The van der Waals surface area contributed by atoms with Crippen molar-refractivity contribution in [3.63, 3.8) is 0 Å². The van der Waals surface area contributed by atoms with E-state index in [1.165, 1.54) is 5.56 Å². The van der Waals surface area contributed by atoms with Gasteiger partial charge in [-0.2, -0.15) is 0 Å². The van der Waals surface area contributed by atoms with Crippen molar-refractivity contribution < 1.29 is 14.6 Å². The summed E-state index contributed by atoms with van der Waals surface area (Å²) in [5.41, 5.74) is 5.81. The van der Waals surface area contributed by atoms with E-state index in [9.17, 15) is 5.11 Å². The fraction of sp³-hybridized carbons (Fsp3) is 0.571. The molecule has 3 N–H and O–H groups in total. The lowest BCUT2D eigenvalue weighted by Crippen LogP contribution is -2.35. The maximum Gasteiger partial charge on any atom is 0.119 e. The molecule has 18 heavy (non-hydrogen) atoms. The third kappa shape index (κ3) is 5.49. The zero-order valence-corrected chi connectivity index (χ0v) is 11.2. The van der Waals surface area contributed by atoms with Gasteiger partial charge in [0.15, 0.2) is 0 Å². The largest absolute Gasteiger partial charge is 0.493 e. The lowest BCUT2D eigenvalue weighted by molar-refractivity contribution is 0.0453. The van der Waals surface area contributed by atoms with Gasteiger partial charge in [0, 0.05) is 20.1 Å². The monoisotopic (exact) mass is 253 g/mol. The van der Waals surface area contributed by atoms with Gasteiger partial charge in [0.25, 0.3) is 0 Å². The molecular formula is C14H23NO3. The molecule has 0 fully saturated rings. The average molecular weight is 253 g/mol. The van der Waals surface area contributed by atoms with Gasteiger partial charge in [-0.25, -0.2) is 0 Å². The third-order valence-corrected chi connectivity index (χ3v) is 2.87. The van der Waals surface area contributed by atoms with Gasteiger partial charge in [-0.1, -0.05) is 12.1 Å². The van der Waals surface area contributed by atoms with E-state index in [4.69, 9.17) is 15.2 Å². The van der Waals surface area contributed by atoms with Gasteiger partial charge in [-0.15, -0.1) is 0 Å². The molecule has 1 aromatic carbocycles. The van der Waals surface area contributed by atoms with Gasteiger partial charge < -0.3 is 20.3 Å². The van der Waals surface area contributed by atoms with E-state index in [1.807, 2.05) is 24.3 Å². The Morgan fingerprint density at radius 2 is 1.89 bits per heavy atom. The van der Waals surface area contributed by atoms with Gasteiger partial charge in [-0.05, 0) is 31.0 Å². The summed E-state index contributed by atoms with van der Waals surface area (Å²) in [6, 6.07) is 7.91. The van der Waals surface area contributed by atoms with Crippen LogP contribution in [0, 0.1) is 0 Å². The fourth-order valence-corrected chi connectivity index (χ4v) is 1.46. The van der Waals surface area contributed by atoms with Gasteiger partial charge >= 0.3 is 0 Å². The summed E-state index contributed by atoms with van der Waals surface area (Å²) in [6.45, 7) is 3.14. The van der Waals surface area contributed by atoms with Crippen molar-refractivity contribution in [1.29, 1.82) is 0 Å². The molecule has 0 aromatic heterocycles. The lowest BCUT2D eigenvalue weighted by Gasteiger charge is -2.20. The first-order valence-corrected chi connectivity index (χ1v) is 6.20. The van der Waals surface area contributed by atoms with Crippen LogP contribution in [0.5, 0.6) is 5.75 Å². The van der Waals surface area contributed by atoms with Crippen LogP contribution in [0.4, 0.5) is 0 Å². The van der Waals surface area contributed by atoms with Crippen LogP contribution in [-0.4, -0.2) is 37.6 Å². The number of aliphatic hydroxyl groups is 1. The molecule has 1 unspecified atom stereocenters. The molecule has 0 amide bonds. The van der Waals surface area contributed by atoms with Crippen molar-refractivity contribution in [1.82, 2.24) is 0 Å². The van der Waals surface area contributed by atoms with E-state index in [-0.39, 0.29) is 6.54 Å². The van der Waals surface area contributed by atoms with E-state index >= 15 is 0 Å². The first kappa shape index (κ1) is 15.0. The summed E-state index contributed by atoms with van der Waals surface area (Å²) < 4.78 is 10.6. The minimum Gasteiger partial charge on any atom is -0.493 e. The number of hydrogen-bond donors (Lipinski definition) is 2. The quantitative estimate of drug-likeness (QED) is 0.734. The Kier molecular flexibility index (Phi) is 6.12. The molecule has 0 aliphatic heterocycles. The van der Waals surface area contributed by atoms with Crippen LogP contribution in [0.15, 0.2) is 24.3 Å². The topological polar surface area (TPSA) is 64.7 Å². The molecule has 0 saturated heterocycles. The molecule has 1 atom stereocenters. The Balaban J connectivity index is 2.35. The summed E-state index contributed by atoms with van der Waals surface area (Å²) in [5, 5.41) is 9.72. The standard InChI is InChI=1S/C14H23NO3/c1-14(16,11-15)8-10-18-13-5-3-12(4-6-13)7-9-17-2/h3-6,16H,7-11,15H2,1-2H3. The molecule has 1 rings (SSSR count). The van der Waals surface area contributed by atoms with Crippen LogP contribution in [0.25, 0.3) is 0 Å². The summed E-state index contributed by atoms with van der Waals surface area (Å²) in [5.74, 6) is 0.809. The minimum atomic E-state index is -0.849. The van der Waals surface area contributed by atoms with Crippen molar-refractivity contribution in [3.8, 4) is 5.75 Å². The highest BCUT2D eigenvalue weighted by atomic mass is 16.5. The molecule has 4 heteroatoms. The van der Waals surface area contributed by atoms with Gasteiger partial charge in [0.05, 0.1) is 18.8 Å². The van der Waals surface area contributed by atoms with E-state index in [1.54, 1.807) is 14.0 Å². The smallest absolute Gasteiger partial charge is 0.119 e. The number of rotatable bonds is 8. The van der Waals surface area contributed by atoms with Crippen LogP contribution >= 0.6 is 0 Å². The molecule has 4 nitrogen and oxygen atoms in total. The van der Waals surface area contributed by atoms with Gasteiger partial charge in [0.1, 0.15) is 5.75 Å². The zero-order chi connectivity index (χ0) is 13.4. The normalized spacial score (nSPS) is 14.2. The molecule has 0 aliphatic carbocycles.